The molecule has 22 heavy (non-hydrogen) atoms. The summed E-state index contributed by atoms with van der Waals surface area (Å²) in [5.74, 6) is -0.494. The normalized spacial score (nSPS) is 10.8. The molecule has 0 unspecified atom stereocenters. The first-order valence-corrected chi connectivity index (χ1v) is 6.52. The third-order valence-corrected chi connectivity index (χ3v) is 3.46. The Balaban J connectivity index is 1.97. The predicted octanol–water partition coefficient (Wildman–Crippen LogP) is 3.54. The van der Waals surface area contributed by atoms with Gasteiger partial charge in [-0.3, -0.25) is 10.1 Å². The molecule has 2 aromatic carbocycles. The number of rotatable bonds is 4. The van der Waals surface area contributed by atoms with Gasteiger partial charge in [-0.15, -0.1) is 0 Å². The van der Waals surface area contributed by atoms with Crippen LogP contribution < -0.4 is 5.32 Å². The first kappa shape index (κ1) is 14.2. The van der Waals surface area contributed by atoms with Gasteiger partial charge in [0.15, 0.2) is 0 Å². The molecule has 0 spiro atoms. The van der Waals surface area contributed by atoms with Gasteiger partial charge in [-0.1, -0.05) is 17.7 Å². The van der Waals surface area contributed by atoms with E-state index in [4.69, 9.17) is 11.6 Å². The van der Waals surface area contributed by atoms with E-state index in [1.807, 2.05) is 0 Å². The molecule has 0 saturated carbocycles. The van der Waals surface area contributed by atoms with Crippen molar-refractivity contribution in [3.05, 3.63) is 56.8 Å². The molecule has 7 nitrogen and oxygen atoms in total. The van der Waals surface area contributed by atoms with E-state index >= 15 is 0 Å². The lowest BCUT2D eigenvalue weighted by molar-refractivity contribution is -0.382. The second kappa shape index (κ2) is 5.57. The van der Waals surface area contributed by atoms with Crippen LogP contribution in [0.1, 0.15) is 5.56 Å². The Bertz CT molecular complexity index is 847. The van der Waals surface area contributed by atoms with Crippen molar-refractivity contribution in [1.82, 2.24) is 10.3 Å². The van der Waals surface area contributed by atoms with Crippen molar-refractivity contribution in [3.63, 3.8) is 0 Å². The topological polar surface area (TPSA) is 94.1 Å². The Morgan fingerprint density at radius 1 is 1.32 bits per heavy atom. The molecular formula is C13H8ClFN4O3. The van der Waals surface area contributed by atoms with E-state index in [-0.39, 0.29) is 39.5 Å². The number of benzene rings is 2. The van der Waals surface area contributed by atoms with Crippen molar-refractivity contribution in [3.8, 4) is 0 Å². The fourth-order valence-corrected chi connectivity index (χ4v) is 2.28. The zero-order chi connectivity index (χ0) is 15.7. The van der Waals surface area contributed by atoms with Crippen molar-refractivity contribution < 1.29 is 13.9 Å². The van der Waals surface area contributed by atoms with Crippen LogP contribution in [-0.2, 0) is 6.54 Å². The third-order valence-electron chi connectivity index (χ3n) is 3.10. The highest BCUT2D eigenvalue weighted by atomic mass is 35.5. The van der Waals surface area contributed by atoms with Gasteiger partial charge < -0.3 is 5.32 Å². The fourth-order valence-electron chi connectivity index (χ4n) is 2.05. The Kier molecular flexibility index (Phi) is 3.60. The molecule has 0 amide bonds. The Morgan fingerprint density at radius 2 is 2.14 bits per heavy atom. The number of nitrogens with one attached hydrogen (secondary N) is 1. The average molecular weight is 323 g/mol. The SMILES string of the molecule is O=[N+]([O-])c1c(NCc2c(F)cccc2Cl)ccc2nonc12. The van der Waals surface area contributed by atoms with Crippen LogP contribution in [0.4, 0.5) is 15.8 Å². The smallest absolute Gasteiger partial charge is 0.323 e. The Morgan fingerprint density at radius 3 is 2.86 bits per heavy atom. The van der Waals surface area contributed by atoms with E-state index in [1.165, 1.54) is 24.3 Å². The quantitative estimate of drug-likeness (QED) is 0.583. The minimum absolute atomic E-state index is 0.0108. The summed E-state index contributed by atoms with van der Waals surface area (Å²) in [6, 6.07) is 7.27. The number of hydrogen-bond acceptors (Lipinski definition) is 6. The van der Waals surface area contributed by atoms with Gasteiger partial charge in [0.25, 0.3) is 0 Å². The molecule has 0 aliphatic carbocycles. The second-order valence-corrected chi connectivity index (χ2v) is 4.81. The number of nitro groups is 1. The average Bonchev–Trinajstić information content (AvgIpc) is 2.94. The molecule has 1 heterocycles. The Labute approximate surface area is 127 Å². The minimum Gasteiger partial charge on any atom is -0.375 e. The highest BCUT2D eigenvalue weighted by Crippen LogP contribution is 2.32. The number of aromatic nitrogens is 2. The van der Waals surface area contributed by atoms with Crippen molar-refractivity contribution in [2.45, 2.75) is 6.54 Å². The van der Waals surface area contributed by atoms with Crippen molar-refractivity contribution in [2.75, 3.05) is 5.32 Å². The van der Waals surface area contributed by atoms with Crippen molar-refractivity contribution >= 4 is 34.0 Å². The van der Waals surface area contributed by atoms with Gasteiger partial charge in [0.2, 0.25) is 5.52 Å². The fraction of sp³-hybridized carbons (Fsp3) is 0.0769. The standard InChI is InChI=1S/C13H8ClFN4O3/c14-8-2-1-3-9(15)7(8)6-16-11-5-4-10-12(18-22-17-10)13(11)19(20)21/h1-5,16H,6H2. The van der Waals surface area contributed by atoms with Crippen molar-refractivity contribution in [2.24, 2.45) is 0 Å². The zero-order valence-corrected chi connectivity index (χ0v) is 11.7. The molecular weight excluding hydrogens is 315 g/mol. The maximum Gasteiger partial charge on any atom is 0.323 e. The predicted molar refractivity (Wildman–Crippen MR) is 77.2 cm³/mol. The second-order valence-electron chi connectivity index (χ2n) is 4.40. The van der Waals surface area contributed by atoms with Crippen molar-refractivity contribution in [1.29, 1.82) is 0 Å². The van der Waals surface area contributed by atoms with E-state index in [0.29, 0.717) is 0 Å². The first-order chi connectivity index (χ1) is 10.6. The number of nitro benzene ring substituents is 1. The maximum atomic E-state index is 13.7. The lowest BCUT2D eigenvalue weighted by Crippen LogP contribution is -2.05. The number of hydrogen-bond donors (Lipinski definition) is 1. The largest absolute Gasteiger partial charge is 0.375 e. The number of anilines is 1. The molecule has 9 heteroatoms. The van der Waals surface area contributed by atoms with E-state index in [9.17, 15) is 14.5 Å². The molecule has 0 fully saturated rings. The van der Waals surface area contributed by atoms with E-state index in [2.05, 4.69) is 20.3 Å². The summed E-state index contributed by atoms with van der Waals surface area (Å²) >= 11 is 5.92. The molecule has 0 radical (unpaired) electrons. The molecule has 0 aliphatic heterocycles. The lowest BCUT2D eigenvalue weighted by atomic mass is 10.2. The highest BCUT2D eigenvalue weighted by molar-refractivity contribution is 6.31. The molecule has 0 saturated heterocycles. The summed E-state index contributed by atoms with van der Waals surface area (Å²) < 4.78 is 18.2. The van der Waals surface area contributed by atoms with Crippen LogP contribution in [0, 0.1) is 15.9 Å². The lowest BCUT2D eigenvalue weighted by Gasteiger charge is -2.09. The van der Waals surface area contributed by atoms with Crippen LogP contribution in [0.5, 0.6) is 0 Å². The summed E-state index contributed by atoms with van der Waals surface area (Å²) in [4.78, 5) is 10.6. The van der Waals surface area contributed by atoms with E-state index in [0.717, 1.165) is 0 Å². The Hall–Kier alpha value is -2.74. The van der Waals surface area contributed by atoms with Crippen LogP contribution in [-0.4, -0.2) is 15.2 Å². The monoisotopic (exact) mass is 322 g/mol. The minimum atomic E-state index is -0.599. The van der Waals surface area contributed by atoms with Gasteiger partial charge in [0.1, 0.15) is 17.0 Å². The van der Waals surface area contributed by atoms with Crippen LogP contribution in [0.3, 0.4) is 0 Å². The third kappa shape index (κ3) is 2.44. The number of fused-ring (bicyclic) bond motifs is 1. The van der Waals surface area contributed by atoms with E-state index in [1.54, 1.807) is 6.07 Å². The molecule has 3 aromatic rings. The maximum absolute atomic E-state index is 13.7. The first-order valence-electron chi connectivity index (χ1n) is 6.14. The summed E-state index contributed by atoms with van der Waals surface area (Å²) in [6.07, 6.45) is 0. The summed E-state index contributed by atoms with van der Waals surface area (Å²) in [6.45, 7) is -0.0108. The van der Waals surface area contributed by atoms with Gasteiger partial charge in [0.05, 0.1) is 4.92 Å². The van der Waals surface area contributed by atoms with Gasteiger partial charge in [0, 0.05) is 17.1 Å². The van der Waals surface area contributed by atoms with E-state index < -0.39 is 10.7 Å². The van der Waals surface area contributed by atoms with Gasteiger partial charge >= 0.3 is 5.69 Å². The number of nitrogens with zero attached hydrogens (tertiary/aromatic N) is 3. The molecule has 0 atom stereocenters. The summed E-state index contributed by atoms with van der Waals surface area (Å²) in [7, 11) is 0. The zero-order valence-electron chi connectivity index (χ0n) is 10.9. The molecule has 3 rings (SSSR count). The summed E-state index contributed by atoms with van der Waals surface area (Å²) in [5, 5.41) is 21.3. The van der Waals surface area contributed by atoms with Crippen LogP contribution in [0.2, 0.25) is 5.02 Å². The number of halogens is 2. The van der Waals surface area contributed by atoms with Crippen LogP contribution >= 0.6 is 11.6 Å². The molecule has 1 N–H and O–H groups in total. The van der Waals surface area contributed by atoms with Crippen LogP contribution in [0.25, 0.3) is 11.0 Å². The van der Waals surface area contributed by atoms with Gasteiger partial charge in [-0.25, -0.2) is 9.02 Å². The highest BCUT2D eigenvalue weighted by Gasteiger charge is 2.22. The molecule has 0 aliphatic rings. The molecule has 112 valence electrons. The van der Waals surface area contributed by atoms with Gasteiger partial charge in [-0.05, 0) is 34.6 Å². The molecule has 0 bridgehead atoms. The van der Waals surface area contributed by atoms with Gasteiger partial charge in [-0.2, -0.15) is 0 Å². The molecule has 1 aromatic heterocycles. The summed E-state index contributed by atoms with van der Waals surface area (Å²) in [5.41, 5.74) is 0.395. The van der Waals surface area contributed by atoms with Crippen LogP contribution in [0.15, 0.2) is 35.0 Å².